The van der Waals surface area contributed by atoms with E-state index in [9.17, 15) is 4.79 Å². The molecule has 1 atom stereocenters. The van der Waals surface area contributed by atoms with E-state index in [0.29, 0.717) is 11.7 Å². The topological polar surface area (TPSA) is 69.0 Å². The molecule has 1 aliphatic heterocycles. The summed E-state index contributed by atoms with van der Waals surface area (Å²) in [7, 11) is 1.40. The van der Waals surface area contributed by atoms with Crippen LogP contribution >= 0.6 is 0 Å². The van der Waals surface area contributed by atoms with Gasteiger partial charge in [-0.25, -0.2) is 9.48 Å². The molecule has 6 heteroatoms. The second kappa shape index (κ2) is 6.56. The molecule has 1 aromatic rings. The summed E-state index contributed by atoms with van der Waals surface area (Å²) in [6.07, 6.45) is 9.47. The monoisotopic (exact) mass is 292 g/mol. The first-order valence-corrected chi connectivity index (χ1v) is 8.08. The Morgan fingerprint density at radius 2 is 1.95 bits per heavy atom. The van der Waals surface area contributed by atoms with Crippen LogP contribution < -0.4 is 5.32 Å². The average Bonchev–Trinajstić information content (AvgIpc) is 3.10. The van der Waals surface area contributed by atoms with E-state index in [1.165, 1.54) is 32.8 Å². The van der Waals surface area contributed by atoms with Crippen LogP contribution in [0.25, 0.3) is 0 Å². The second-order valence-corrected chi connectivity index (χ2v) is 6.05. The molecule has 0 bridgehead atoms. The van der Waals surface area contributed by atoms with E-state index in [0.717, 1.165) is 37.9 Å². The van der Waals surface area contributed by atoms with Gasteiger partial charge in [0, 0.05) is 0 Å². The third kappa shape index (κ3) is 2.95. The van der Waals surface area contributed by atoms with E-state index in [-0.39, 0.29) is 12.0 Å². The second-order valence-electron chi connectivity index (χ2n) is 6.05. The van der Waals surface area contributed by atoms with Crippen molar-refractivity contribution in [3.8, 4) is 0 Å². The molecular formula is C15H24N4O2. The number of aromatic nitrogens is 3. The molecule has 2 heterocycles. The quantitative estimate of drug-likeness (QED) is 0.684. The van der Waals surface area contributed by atoms with E-state index in [4.69, 9.17) is 4.74 Å². The highest BCUT2D eigenvalue weighted by molar-refractivity contribution is 5.88. The molecule has 6 nitrogen and oxygen atoms in total. The lowest BCUT2D eigenvalue weighted by Crippen LogP contribution is -2.23. The van der Waals surface area contributed by atoms with Crippen molar-refractivity contribution < 1.29 is 9.53 Å². The predicted molar refractivity (Wildman–Crippen MR) is 78.1 cm³/mol. The van der Waals surface area contributed by atoms with E-state index >= 15 is 0 Å². The fourth-order valence-corrected chi connectivity index (χ4v) is 3.56. The molecule has 3 rings (SSSR count). The normalized spacial score (nSPS) is 24.0. The first-order valence-electron chi connectivity index (χ1n) is 8.08. The molecule has 1 unspecified atom stereocenters. The number of carbonyl (C=O) groups is 1. The molecule has 2 aliphatic rings. The van der Waals surface area contributed by atoms with Crippen LogP contribution in [0.15, 0.2) is 0 Å². The van der Waals surface area contributed by atoms with Gasteiger partial charge in [-0.2, -0.15) is 0 Å². The summed E-state index contributed by atoms with van der Waals surface area (Å²) >= 11 is 0. The molecular weight excluding hydrogens is 268 g/mol. The minimum atomic E-state index is -0.376. The highest BCUT2D eigenvalue weighted by Gasteiger charge is 2.31. The minimum absolute atomic E-state index is 0.178. The van der Waals surface area contributed by atoms with Crippen LogP contribution in [0.5, 0.6) is 0 Å². The van der Waals surface area contributed by atoms with Gasteiger partial charge < -0.3 is 10.1 Å². The molecule has 116 valence electrons. The van der Waals surface area contributed by atoms with Gasteiger partial charge in [0.15, 0.2) is 5.69 Å². The molecule has 21 heavy (non-hydrogen) atoms. The van der Waals surface area contributed by atoms with Gasteiger partial charge in [0.05, 0.1) is 24.9 Å². The van der Waals surface area contributed by atoms with Gasteiger partial charge in [-0.05, 0) is 32.2 Å². The number of hydrogen-bond donors (Lipinski definition) is 1. The standard InChI is InChI=1S/C15H24N4O2/c1-21-15(20)13-14(12-9-6-10-16-12)19(18-17-13)11-7-4-2-3-5-8-11/h11-12,16H,2-10H2,1H3. The molecule has 0 amide bonds. The van der Waals surface area contributed by atoms with Crippen LogP contribution in [0.4, 0.5) is 0 Å². The van der Waals surface area contributed by atoms with Crippen molar-refractivity contribution in [1.82, 2.24) is 20.3 Å². The lowest BCUT2D eigenvalue weighted by atomic mass is 10.1. The number of carbonyl (C=O) groups excluding carboxylic acids is 1. The molecule has 2 fully saturated rings. The van der Waals surface area contributed by atoms with Crippen LogP contribution in [-0.2, 0) is 4.74 Å². The van der Waals surface area contributed by atoms with Crippen molar-refractivity contribution in [2.75, 3.05) is 13.7 Å². The van der Waals surface area contributed by atoms with Gasteiger partial charge >= 0.3 is 5.97 Å². The largest absolute Gasteiger partial charge is 0.464 e. The van der Waals surface area contributed by atoms with Gasteiger partial charge in [0.2, 0.25) is 0 Å². The van der Waals surface area contributed by atoms with E-state index in [2.05, 4.69) is 15.6 Å². The summed E-state index contributed by atoms with van der Waals surface area (Å²) in [4.78, 5) is 12.0. The third-order valence-corrected chi connectivity index (χ3v) is 4.67. The molecule has 0 radical (unpaired) electrons. The van der Waals surface area contributed by atoms with Gasteiger partial charge in [-0.15, -0.1) is 5.10 Å². The molecule has 1 aromatic heterocycles. The van der Waals surface area contributed by atoms with Crippen molar-refractivity contribution >= 4 is 5.97 Å². The third-order valence-electron chi connectivity index (χ3n) is 4.67. The predicted octanol–water partition coefficient (Wildman–Crippen LogP) is 2.38. The number of ether oxygens (including phenoxy) is 1. The van der Waals surface area contributed by atoms with Crippen LogP contribution in [0.3, 0.4) is 0 Å². The van der Waals surface area contributed by atoms with E-state index in [1.807, 2.05) is 4.68 Å². The maximum Gasteiger partial charge on any atom is 0.360 e. The Bertz CT molecular complexity index is 486. The molecule has 1 saturated carbocycles. The summed E-state index contributed by atoms with van der Waals surface area (Å²) in [5.41, 5.74) is 1.33. The molecule has 1 N–H and O–H groups in total. The highest BCUT2D eigenvalue weighted by atomic mass is 16.5. The van der Waals surface area contributed by atoms with Gasteiger partial charge in [0.1, 0.15) is 0 Å². The first kappa shape index (κ1) is 14.5. The molecule has 0 spiro atoms. The summed E-state index contributed by atoms with van der Waals surface area (Å²) in [5.74, 6) is -0.376. The lowest BCUT2D eigenvalue weighted by Gasteiger charge is -2.20. The van der Waals surface area contributed by atoms with Gasteiger partial charge in [0.25, 0.3) is 0 Å². The zero-order valence-corrected chi connectivity index (χ0v) is 12.7. The zero-order valence-electron chi connectivity index (χ0n) is 12.7. The number of methoxy groups -OCH3 is 1. The molecule has 1 aliphatic carbocycles. The zero-order chi connectivity index (χ0) is 14.7. The Kier molecular flexibility index (Phi) is 4.53. The Balaban J connectivity index is 1.94. The van der Waals surface area contributed by atoms with E-state index in [1.54, 1.807) is 0 Å². The summed E-state index contributed by atoms with van der Waals surface area (Å²) in [6, 6.07) is 0.549. The van der Waals surface area contributed by atoms with Crippen LogP contribution in [0.1, 0.15) is 79.6 Å². The Morgan fingerprint density at radius 3 is 2.57 bits per heavy atom. The fourth-order valence-electron chi connectivity index (χ4n) is 3.56. The van der Waals surface area contributed by atoms with Crippen LogP contribution in [0, 0.1) is 0 Å². The summed E-state index contributed by atoms with van der Waals surface area (Å²) in [6.45, 7) is 0.987. The van der Waals surface area contributed by atoms with Crippen molar-refractivity contribution in [3.63, 3.8) is 0 Å². The van der Waals surface area contributed by atoms with Crippen LogP contribution in [-0.4, -0.2) is 34.6 Å². The SMILES string of the molecule is COC(=O)c1nnn(C2CCCCCC2)c1C1CCCN1. The first-order chi connectivity index (χ1) is 10.3. The Labute approximate surface area is 125 Å². The molecule has 0 aromatic carbocycles. The molecule has 1 saturated heterocycles. The fraction of sp³-hybridized carbons (Fsp3) is 0.800. The average molecular weight is 292 g/mol. The van der Waals surface area contributed by atoms with Crippen molar-refractivity contribution in [2.24, 2.45) is 0 Å². The number of nitrogens with one attached hydrogen (secondary N) is 1. The van der Waals surface area contributed by atoms with Crippen molar-refractivity contribution in [1.29, 1.82) is 0 Å². The maximum atomic E-state index is 12.0. The number of nitrogens with zero attached hydrogens (tertiary/aromatic N) is 3. The maximum absolute atomic E-state index is 12.0. The number of esters is 1. The lowest BCUT2D eigenvalue weighted by molar-refractivity contribution is 0.0591. The smallest absolute Gasteiger partial charge is 0.360 e. The van der Waals surface area contributed by atoms with Crippen molar-refractivity contribution in [3.05, 3.63) is 11.4 Å². The van der Waals surface area contributed by atoms with Crippen molar-refractivity contribution in [2.45, 2.75) is 63.5 Å². The van der Waals surface area contributed by atoms with Gasteiger partial charge in [-0.1, -0.05) is 30.9 Å². The Hall–Kier alpha value is -1.43. The minimum Gasteiger partial charge on any atom is -0.464 e. The highest BCUT2D eigenvalue weighted by Crippen LogP contribution is 2.32. The summed E-state index contributed by atoms with van der Waals surface area (Å²) in [5, 5.41) is 11.9. The van der Waals surface area contributed by atoms with E-state index < -0.39 is 0 Å². The van der Waals surface area contributed by atoms with Gasteiger partial charge in [-0.3, -0.25) is 0 Å². The number of hydrogen-bond acceptors (Lipinski definition) is 5. The van der Waals surface area contributed by atoms with Crippen LogP contribution in [0.2, 0.25) is 0 Å². The summed E-state index contributed by atoms with van der Waals surface area (Å²) < 4.78 is 6.89. The Morgan fingerprint density at radius 1 is 1.19 bits per heavy atom. The number of rotatable bonds is 3.